The summed E-state index contributed by atoms with van der Waals surface area (Å²) in [4.78, 5) is 9.77. The molecule has 0 aromatic carbocycles. The predicted octanol–water partition coefficient (Wildman–Crippen LogP) is 9.64. The predicted molar refractivity (Wildman–Crippen MR) is 136 cm³/mol. The van der Waals surface area contributed by atoms with E-state index in [4.69, 9.17) is 9.05 Å². The first-order valence-corrected chi connectivity index (χ1v) is 15.7. The molecule has 6 heteroatoms. The van der Waals surface area contributed by atoms with Crippen molar-refractivity contribution in [3.63, 3.8) is 0 Å². The molecular weight excluding hydrogens is 466 g/mol. The number of rotatable bonds is 22. The van der Waals surface area contributed by atoms with Crippen LogP contribution in [0.15, 0.2) is 0 Å². The van der Waals surface area contributed by atoms with Gasteiger partial charge in [0, 0.05) is 0 Å². The first-order valence-electron chi connectivity index (χ1n) is 13.5. The molecule has 0 radical (unpaired) electrons. The molecule has 0 aromatic heterocycles. The van der Waals surface area contributed by atoms with Gasteiger partial charge in [-0.3, -0.25) is 9.05 Å². The van der Waals surface area contributed by atoms with Crippen molar-refractivity contribution in [3.05, 3.63) is 0 Å². The van der Waals surface area contributed by atoms with Gasteiger partial charge in [0.15, 0.2) is 0 Å². The van der Waals surface area contributed by atoms with E-state index in [0.717, 1.165) is 56.8 Å². The average molecular weight is 522 g/mol. The summed E-state index contributed by atoms with van der Waals surface area (Å²) in [6.45, 7) is 11.4. The zero-order valence-electron chi connectivity index (χ0n) is 22.0. The van der Waals surface area contributed by atoms with Crippen LogP contribution in [-0.2, 0) is 29.1 Å². The van der Waals surface area contributed by atoms with Crippen LogP contribution in [0.1, 0.15) is 137 Å². The minimum atomic E-state index is -3.89. The third kappa shape index (κ3) is 25.2. The van der Waals surface area contributed by atoms with E-state index in [9.17, 15) is 9.46 Å². The normalized spacial score (nSPS) is 15.0. The first-order chi connectivity index (χ1) is 15.4. The Morgan fingerprint density at radius 2 is 1.03 bits per heavy atom. The SMILES string of the molecule is CCCCC(CC)COP(=O)(O)OCC(CC)CCCC.CCCCCCCCC[CH2][Ni]. The van der Waals surface area contributed by atoms with Crippen LogP contribution < -0.4 is 0 Å². The van der Waals surface area contributed by atoms with Crippen LogP contribution in [0.5, 0.6) is 0 Å². The van der Waals surface area contributed by atoms with Gasteiger partial charge in [-0.25, -0.2) is 4.57 Å². The van der Waals surface area contributed by atoms with Gasteiger partial charge in [-0.2, -0.15) is 0 Å². The van der Waals surface area contributed by atoms with E-state index < -0.39 is 7.82 Å². The Bertz CT molecular complexity index is 377. The Balaban J connectivity index is 0. The summed E-state index contributed by atoms with van der Waals surface area (Å²) in [7, 11) is -3.89. The van der Waals surface area contributed by atoms with Gasteiger partial charge in [0.2, 0.25) is 0 Å². The fourth-order valence-electron chi connectivity index (χ4n) is 3.45. The molecule has 2 atom stereocenters. The molecule has 32 heavy (non-hydrogen) atoms. The third-order valence-electron chi connectivity index (χ3n) is 6.00. The van der Waals surface area contributed by atoms with Crippen molar-refractivity contribution < 1.29 is 34.0 Å². The number of hydrogen-bond donors (Lipinski definition) is 1. The van der Waals surface area contributed by atoms with Gasteiger partial charge in [-0.15, -0.1) is 0 Å². The van der Waals surface area contributed by atoms with Crippen LogP contribution in [0, 0.1) is 11.8 Å². The fraction of sp³-hybridized carbons (Fsp3) is 1.00. The average Bonchev–Trinajstić information content (AvgIpc) is 2.79. The summed E-state index contributed by atoms with van der Waals surface area (Å²) in [6.07, 6.45) is 19.7. The second-order valence-corrected chi connectivity index (χ2v) is 11.0. The van der Waals surface area contributed by atoms with Gasteiger partial charge >= 0.3 is 87.0 Å². The number of phosphoric acid groups is 1. The van der Waals surface area contributed by atoms with E-state index in [1.165, 1.54) is 51.4 Å². The molecule has 199 valence electrons. The monoisotopic (exact) mass is 521 g/mol. The van der Waals surface area contributed by atoms with Gasteiger partial charge in [0.25, 0.3) is 0 Å². The standard InChI is InChI=1S/C16H35O4P.C10H21.Ni/c1-5-9-11-15(7-3)13-19-21(17,18)20-14-16(8-4)12-10-6-2;1-3-5-7-9-10-8-6-4-2;/h15-16H,5-14H2,1-4H3,(H,17,18);1,3-10H2,2H3;. The molecule has 4 nitrogen and oxygen atoms in total. The van der Waals surface area contributed by atoms with Gasteiger partial charge in [-0.1, -0.05) is 66.2 Å². The topological polar surface area (TPSA) is 55.8 Å². The maximum atomic E-state index is 11.9. The van der Waals surface area contributed by atoms with Gasteiger partial charge in [0.1, 0.15) is 0 Å². The molecule has 0 saturated heterocycles. The third-order valence-corrected chi connectivity index (χ3v) is 7.30. The van der Waals surface area contributed by atoms with E-state index in [-0.39, 0.29) is 0 Å². The Morgan fingerprint density at radius 3 is 1.38 bits per heavy atom. The van der Waals surface area contributed by atoms with Crippen molar-refractivity contribution in [2.75, 3.05) is 13.2 Å². The van der Waals surface area contributed by atoms with Gasteiger partial charge < -0.3 is 4.89 Å². The summed E-state index contributed by atoms with van der Waals surface area (Å²) >= 11 is 4.61. The molecule has 0 aliphatic carbocycles. The van der Waals surface area contributed by atoms with Crippen LogP contribution >= 0.6 is 7.82 Å². The first kappa shape index (κ1) is 34.8. The number of hydrogen-bond acceptors (Lipinski definition) is 3. The van der Waals surface area contributed by atoms with E-state index in [1.807, 2.05) is 0 Å². The Labute approximate surface area is 209 Å². The van der Waals surface area contributed by atoms with Crippen LogP contribution in [-0.4, -0.2) is 18.1 Å². The molecule has 0 aromatic rings. The van der Waals surface area contributed by atoms with Crippen molar-refractivity contribution in [2.45, 2.75) is 143 Å². The van der Waals surface area contributed by atoms with Crippen molar-refractivity contribution in [3.8, 4) is 0 Å². The van der Waals surface area contributed by atoms with Crippen molar-refractivity contribution in [1.82, 2.24) is 0 Å². The van der Waals surface area contributed by atoms with Crippen LogP contribution in [0.2, 0.25) is 5.39 Å². The zero-order valence-corrected chi connectivity index (χ0v) is 23.9. The van der Waals surface area contributed by atoms with E-state index in [2.05, 4.69) is 50.1 Å². The molecule has 0 rings (SSSR count). The molecule has 2 unspecified atom stereocenters. The zero-order chi connectivity index (χ0) is 24.5. The van der Waals surface area contributed by atoms with Crippen LogP contribution in [0.4, 0.5) is 0 Å². The molecule has 0 heterocycles. The minimum absolute atomic E-state index is 0.316. The molecule has 0 spiro atoms. The quantitative estimate of drug-likeness (QED) is 0.0874. The van der Waals surface area contributed by atoms with Crippen molar-refractivity contribution in [1.29, 1.82) is 0 Å². The fourth-order valence-corrected chi connectivity index (χ4v) is 4.57. The Kier molecular flexibility index (Phi) is 28.5. The summed E-state index contributed by atoms with van der Waals surface area (Å²) in [5.41, 5.74) is 0. The molecule has 0 saturated carbocycles. The number of unbranched alkanes of at least 4 members (excludes halogenated alkanes) is 9. The molecule has 0 aliphatic heterocycles. The number of phosphoric ester groups is 1. The van der Waals surface area contributed by atoms with E-state index in [1.54, 1.807) is 0 Å². The van der Waals surface area contributed by atoms with Gasteiger partial charge in [-0.05, 0) is 24.7 Å². The van der Waals surface area contributed by atoms with Crippen molar-refractivity contribution >= 4 is 7.82 Å². The van der Waals surface area contributed by atoms with Gasteiger partial charge in [0.05, 0.1) is 13.2 Å². The molecule has 0 fully saturated rings. The Hall–Kier alpha value is 0.604. The maximum absolute atomic E-state index is 11.9. The van der Waals surface area contributed by atoms with Crippen LogP contribution in [0.3, 0.4) is 0 Å². The van der Waals surface area contributed by atoms with Crippen molar-refractivity contribution in [2.24, 2.45) is 11.8 Å². The molecule has 0 amide bonds. The van der Waals surface area contributed by atoms with E-state index in [0.29, 0.717) is 25.0 Å². The molecular formula is C26H56NiO4P. The second kappa shape index (κ2) is 26.2. The second-order valence-electron chi connectivity index (χ2n) is 9.03. The Morgan fingerprint density at radius 1 is 0.656 bits per heavy atom. The van der Waals surface area contributed by atoms with E-state index >= 15 is 0 Å². The summed E-state index contributed by atoms with van der Waals surface area (Å²) in [6, 6.07) is 0. The summed E-state index contributed by atoms with van der Waals surface area (Å²) in [5, 5.41) is 0.995. The molecule has 0 aliphatic rings. The molecule has 0 bridgehead atoms. The summed E-state index contributed by atoms with van der Waals surface area (Å²) < 4.78 is 22.2. The van der Waals surface area contributed by atoms with Crippen LogP contribution in [0.25, 0.3) is 0 Å². The molecule has 1 N–H and O–H groups in total. The summed E-state index contributed by atoms with van der Waals surface area (Å²) in [5.74, 6) is 0.687.